The number of carbonyl (C=O) groups excluding carboxylic acids is 1. The fourth-order valence-electron chi connectivity index (χ4n) is 2.17. The molecule has 1 aromatic heterocycles. The monoisotopic (exact) mass is 376 g/mol. The van der Waals surface area contributed by atoms with Gasteiger partial charge in [0.25, 0.3) is 0 Å². The number of nitrogens with one attached hydrogen (secondary N) is 1. The van der Waals surface area contributed by atoms with Gasteiger partial charge in [0.2, 0.25) is 0 Å². The van der Waals surface area contributed by atoms with Crippen molar-refractivity contribution in [3.63, 3.8) is 0 Å². The van der Waals surface area contributed by atoms with Gasteiger partial charge in [0.1, 0.15) is 5.60 Å². The highest BCUT2D eigenvalue weighted by Crippen LogP contribution is 2.24. The van der Waals surface area contributed by atoms with Crippen molar-refractivity contribution in [2.24, 2.45) is 0 Å². The third-order valence-corrected chi connectivity index (χ3v) is 3.76. The number of pyridine rings is 1. The van der Waals surface area contributed by atoms with E-state index in [9.17, 15) is 4.79 Å². The lowest BCUT2D eigenvalue weighted by Gasteiger charge is -2.24. The molecule has 0 bridgehead atoms. The standard InChI is InChI=1S/C18H21BrN2O2/c1-18(2,3)23-17(22)21-15(12-13-8-5-4-6-9-13)16-14(19)10-7-11-20-16/h4-11,15H,12H2,1-3H3,(H,21,22)/t15-/m0/s1. The molecule has 0 aliphatic heterocycles. The first-order valence-corrected chi connectivity index (χ1v) is 8.28. The highest BCUT2D eigenvalue weighted by atomic mass is 79.9. The fourth-order valence-corrected chi connectivity index (χ4v) is 2.70. The van der Waals surface area contributed by atoms with E-state index in [4.69, 9.17) is 4.74 Å². The minimum absolute atomic E-state index is 0.275. The Morgan fingerprint density at radius 1 is 1.22 bits per heavy atom. The van der Waals surface area contributed by atoms with Crippen molar-refractivity contribution in [2.75, 3.05) is 0 Å². The molecule has 2 aromatic rings. The molecule has 0 fully saturated rings. The van der Waals surface area contributed by atoms with Gasteiger partial charge in [-0.3, -0.25) is 4.98 Å². The van der Waals surface area contributed by atoms with Crippen LogP contribution in [0, 0.1) is 0 Å². The van der Waals surface area contributed by atoms with Crippen LogP contribution in [0.15, 0.2) is 53.1 Å². The van der Waals surface area contributed by atoms with Crippen LogP contribution in [0.5, 0.6) is 0 Å². The number of hydrogen-bond acceptors (Lipinski definition) is 3. The van der Waals surface area contributed by atoms with E-state index < -0.39 is 11.7 Å². The zero-order valence-corrected chi connectivity index (χ0v) is 15.1. The first kappa shape index (κ1) is 17.5. The molecule has 2 rings (SSSR count). The summed E-state index contributed by atoms with van der Waals surface area (Å²) in [5, 5.41) is 2.93. The first-order chi connectivity index (χ1) is 10.8. The van der Waals surface area contributed by atoms with Crippen LogP contribution in [-0.2, 0) is 11.2 Å². The summed E-state index contributed by atoms with van der Waals surface area (Å²) in [5.41, 5.74) is 1.36. The van der Waals surface area contributed by atoms with Crippen LogP contribution >= 0.6 is 15.9 Å². The summed E-state index contributed by atoms with van der Waals surface area (Å²) in [7, 11) is 0. The third kappa shape index (κ3) is 5.67. The number of hydrogen-bond donors (Lipinski definition) is 1. The molecule has 1 amide bonds. The molecule has 0 aliphatic carbocycles. The summed E-state index contributed by atoms with van der Waals surface area (Å²) in [5.74, 6) is 0. The number of benzene rings is 1. The molecule has 0 saturated heterocycles. The molecular weight excluding hydrogens is 356 g/mol. The zero-order valence-electron chi connectivity index (χ0n) is 13.5. The third-order valence-electron chi connectivity index (χ3n) is 3.09. The van der Waals surface area contributed by atoms with Gasteiger partial charge >= 0.3 is 6.09 Å². The van der Waals surface area contributed by atoms with Gasteiger partial charge in [-0.05, 0) is 60.8 Å². The van der Waals surface area contributed by atoms with Crippen molar-refractivity contribution in [3.05, 3.63) is 64.4 Å². The van der Waals surface area contributed by atoms with Gasteiger partial charge in [-0.25, -0.2) is 4.79 Å². The summed E-state index contributed by atoms with van der Waals surface area (Å²) in [4.78, 5) is 16.6. The number of halogens is 1. The smallest absolute Gasteiger partial charge is 0.408 e. The number of nitrogens with zero attached hydrogens (tertiary/aromatic N) is 1. The Balaban J connectivity index is 2.21. The molecule has 0 aliphatic rings. The van der Waals surface area contributed by atoms with E-state index in [1.54, 1.807) is 6.20 Å². The van der Waals surface area contributed by atoms with Gasteiger partial charge in [-0.2, -0.15) is 0 Å². The van der Waals surface area contributed by atoms with Gasteiger partial charge < -0.3 is 10.1 Å². The Labute approximate surface area is 145 Å². The number of rotatable bonds is 4. The van der Waals surface area contributed by atoms with Crippen LogP contribution in [-0.4, -0.2) is 16.7 Å². The molecule has 23 heavy (non-hydrogen) atoms. The van der Waals surface area contributed by atoms with E-state index in [2.05, 4.69) is 26.2 Å². The van der Waals surface area contributed by atoms with E-state index in [-0.39, 0.29) is 6.04 Å². The quantitative estimate of drug-likeness (QED) is 0.844. The van der Waals surface area contributed by atoms with Crippen molar-refractivity contribution in [1.82, 2.24) is 10.3 Å². The molecule has 4 nitrogen and oxygen atoms in total. The maximum atomic E-state index is 12.2. The normalized spacial score (nSPS) is 12.5. The lowest BCUT2D eigenvalue weighted by atomic mass is 10.0. The van der Waals surface area contributed by atoms with E-state index in [1.165, 1.54) is 0 Å². The first-order valence-electron chi connectivity index (χ1n) is 7.49. The van der Waals surface area contributed by atoms with E-state index in [0.29, 0.717) is 6.42 Å². The van der Waals surface area contributed by atoms with Gasteiger partial charge in [0.05, 0.1) is 11.7 Å². The number of carbonyl (C=O) groups is 1. The highest BCUT2D eigenvalue weighted by molar-refractivity contribution is 9.10. The summed E-state index contributed by atoms with van der Waals surface area (Å²) in [6.07, 6.45) is 1.90. The van der Waals surface area contributed by atoms with Crippen molar-refractivity contribution in [1.29, 1.82) is 0 Å². The van der Waals surface area contributed by atoms with Crippen molar-refractivity contribution >= 4 is 22.0 Å². The second kappa shape index (κ2) is 7.59. The summed E-state index contributed by atoms with van der Waals surface area (Å²) >= 11 is 3.51. The molecule has 1 atom stereocenters. The predicted molar refractivity (Wildman–Crippen MR) is 94.2 cm³/mol. The second-order valence-electron chi connectivity index (χ2n) is 6.26. The predicted octanol–water partition coefficient (Wildman–Crippen LogP) is 4.65. The average molecular weight is 377 g/mol. The van der Waals surface area contributed by atoms with Crippen LogP contribution in [0.2, 0.25) is 0 Å². The number of ether oxygens (including phenoxy) is 1. The van der Waals surface area contributed by atoms with Gasteiger partial charge in [-0.1, -0.05) is 30.3 Å². The van der Waals surface area contributed by atoms with E-state index >= 15 is 0 Å². The Morgan fingerprint density at radius 2 is 1.91 bits per heavy atom. The number of aromatic nitrogens is 1. The molecular formula is C18H21BrN2O2. The molecule has 1 N–H and O–H groups in total. The lowest BCUT2D eigenvalue weighted by Crippen LogP contribution is -2.36. The maximum Gasteiger partial charge on any atom is 0.408 e. The maximum absolute atomic E-state index is 12.2. The van der Waals surface area contributed by atoms with Crippen LogP contribution in [0.3, 0.4) is 0 Å². The van der Waals surface area contributed by atoms with Crippen molar-refractivity contribution in [2.45, 2.75) is 38.8 Å². The summed E-state index contributed by atoms with van der Waals surface area (Å²) < 4.78 is 6.23. The molecule has 0 unspecified atom stereocenters. The van der Waals surface area contributed by atoms with Crippen LogP contribution < -0.4 is 5.32 Å². The van der Waals surface area contributed by atoms with Gasteiger partial charge in [0.15, 0.2) is 0 Å². The Morgan fingerprint density at radius 3 is 2.52 bits per heavy atom. The Bertz CT molecular complexity index is 654. The average Bonchev–Trinajstić information content (AvgIpc) is 2.46. The molecule has 0 radical (unpaired) electrons. The van der Waals surface area contributed by atoms with Gasteiger partial charge in [0, 0.05) is 10.7 Å². The SMILES string of the molecule is CC(C)(C)OC(=O)N[C@@H](Cc1ccccc1)c1ncccc1Br. The lowest BCUT2D eigenvalue weighted by molar-refractivity contribution is 0.0502. The molecule has 0 spiro atoms. The Hall–Kier alpha value is -1.88. The van der Waals surface area contributed by atoms with Crippen molar-refractivity contribution < 1.29 is 9.53 Å². The van der Waals surface area contributed by atoms with Crippen molar-refractivity contribution in [3.8, 4) is 0 Å². The Kier molecular flexibility index (Phi) is 5.77. The minimum Gasteiger partial charge on any atom is -0.444 e. The fraction of sp³-hybridized carbons (Fsp3) is 0.333. The number of amides is 1. The molecule has 1 heterocycles. The molecule has 122 valence electrons. The topological polar surface area (TPSA) is 51.2 Å². The largest absolute Gasteiger partial charge is 0.444 e. The highest BCUT2D eigenvalue weighted by Gasteiger charge is 2.23. The van der Waals surface area contributed by atoms with Crippen LogP contribution in [0.4, 0.5) is 4.79 Å². The van der Waals surface area contributed by atoms with E-state index in [1.807, 2.05) is 63.2 Å². The molecule has 5 heteroatoms. The summed E-state index contributed by atoms with van der Waals surface area (Å²) in [6, 6.07) is 13.5. The van der Waals surface area contributed by atoms with E-state index in [0.717, 1.165) is 15.7 Å². The summed E-state index contributed by atoms with van der Waals surface area (Å²) in [6.45, 7) is 5.53. The number of alkyl carbamates (subject to hydrolysis) is 1. The zero-order chi connectivity index (χ0) is 16.9. The minimum atomic E-state index is -0.539. The molecule has 1 aromatic carbocycles. The van der Waals surface area contributed by atoms with Crippen LogP contribution in [0.1, 0.15) is 38.1 Å². The van der Waals surface area contributed by atoms with Gasteiger partial charge in [-0.15, -0.1) is 0 Å². The van der Waals surface area contributed by atoms with Crippen LogP contribution in [0.25, 0.3) is 0 Å². The second-order valence-corrected chi connectivity index (χ2v) is 7.11. The molecule has 0 saturated carbocycles.